The molecule has 2 unspecified atom stereocenters. The first-order chi connectivity index (χ1) is 9.85. The first-order valence-corrected chi connectivity index (χ1v) is 7.89. The van der Waals surface area contributed by atoms with Crippen LogP contribution in [0.1, 0.15) is 6.92 Å². The van der Waals surface area contributed by atoms with Crippen molar-refractivity contribution in [3.05, 3.63) is 29.3 Å². The molecule has 0 aliphatic heterocycles. The summed E-state index contributed by atoms with van der Waals surface area (Å²) in [5.74, 6) is -2.57. The Kier molecular flexibility index (Phi) is 7.10. The zero-order valence-electron chi connectivity index (χ0n) is 11.1. The largest absolute Gasteiger partial charge is 0.465 e. The Morgan fingerprint density at radius 2 is 2.05 bits per heavy atom. The molecule has 8 nitrogen and oxygen atoms in total. The molecule has 0 bridgehead atoms. The van der Waals surface area contributed by atoms with Gasteiger partial charge in [0.05, 0.1) is 13.2 Å². The van der Waals surface area contributed by atoms with Crippen molar-refractivity contribution in [2.45, 2.75) is 12.9 Å². The third-order valence-corrected chi connectivity index (χ3v) is 3.44. The van der Waals surface area contributed by atoms with Crippen LogP contribution in [0, 0.1) is 0 Å². The highest BCUT2D eigenvalue weighted by atomic mass is 35.5. The van der Waals surface area contributed by atoms with Gasteiger partial charge in [0.25, 0.3) is 0 Å². The van der Waals surface area contributed by atoms with Gasteiger partial charge in [0.2, 0.25) is 5.97 Å². The van der Waals surface area contributed by atoms with E-state index < -0.39 is 26.1 Å². The first kappa shape index (κ1) is 17.9. The Morgan fingerprint density at radius 3 is 2.62 bits per heavy atom. The van der Waals surface area contributed by atoms with Crippen molar-refractivity contribution in [1.29, 1.82) is 0 Å². The predicted molar refractivity (Wildman–Crippen MR) is 73.6 cm³/mol. The first-order valence-electron chi connectivity index (χ1n) is 5.86. The molecule has 1 rings (SSSR count). The zero-order valence-corrected chi connectivity index (χ0v) is 12.7. The molecular formula is C11H15ClNO7P. The molecule has 0 aliphatic rings. The second-order valence-electron chi connectivity index (χ2n) is 3.74. The van der Waals surface area contributed by atoms with Gasteiger partial charge in [0.1, 0.15) is 0 Å². The van der Waals surface area contributed by atoms with Gasteiger partial charge in [-0.2, -0.15) is 0 Å². The van der Waals surface area contributed by atoms with Crippen LogP contribution in [-0.4, -0.2) is 35.1 Å². The lowest BCUT2D eigenvalue weighted by atomic mass is 10.3. The molecule has 0 saturated heterocycles. The number of nitrogens with one attached hydrogen (secondary N) is 1. The van der Waals surface area contributed by atoms with Crippen LogP contribution in [0.15, 0.2) is 24.3 Å². The average molecular weight is 340 g/mol. The van der Waals surface area contributed by atoms with Gasteiger partial charge in [-0.3, -0.25) is 14.7 Å². The molecule has 10 heteroatoms. The SMILES string of the molecule is CCOC(=O)CNC(O)P(=O)(O)OOc1ccc(Cl)cc1. The van der Waals surface area contributed by atoms with Gasteiger partial charge < -0.3 is 19.6 Å². The maximum Gasteiger partial charge on any atom is 0.408 e. The number of hydrogen-bond donors (Lipinski definition) is 3. The number of aliphatic hydroxyl groups is 1. The molecule has 0 amide bonds. The van der Waals surface area contributed by atoms with E-state index in [0.717, 1.165) is 0 Å². The quantitative estimate of drug-likeness (QED) is 0.213. The second-order valence-corrected chi connectivity index (χ2v) is 5.94. The fraction of sp³-hybridized carbons (Fsp3) is 0.364. The number of ether oxygens (including phenoxy) is 1. The fourth-order valence-electron chi connectivity index (χ4n) is 1.13. The number of halogens is 1. The fourth-order valence-corrected chi connectivity index (χ4v) is 1.85. The molecule has 0 aromatic heterocycles. The lowest BCUT2D eigenvalue weighted by molar-refractivity contribution is -0.142. The molecular weight excluding hydrogens is 325 g/mol. The van der Waals surface area contributed by atoms with Crippen molar-refractivity contribution in [3.8, 4) is 5.75 Å². The third-order valence-electron chi connectivity index (χ3n) is 2.10. The summed E-state index contributed by atoms with van der Waals surface area (Å²) in [5, 5.41) is 12.0. The van der Waals surface area contributed by atoms with Crippen molar-refractivity contribution in [3.63, 3.8) is 0 Å². The lowest BCUT2D eigenvalue weighted by Crippen LogP contribution is -2.34. The van der Waals surface area contributed by atoms with Crippen molar-refractivity contribution in [1.82, 2.24) is 5.32 Å². The highest BCUT2D eigenvalue weighted by molar-refractivity contribution is 7.53. The van der Waals surface area contributed by atoms with Gasteiger partial charge in [0, 0.05) is 5.02 Å². The van der Waals surface area contributed by atoms with Crippen molar-refractivity contribution in [2.75, 3.05) is 13.2 Å². The summed E-state index contributed by atoms with van der Waals surface area (Å²) in [6.07, 6.45) is 0. The smallest absolute Gasteiger partial charge is 0.408 e. The normalized spacial score (nSPS) is 15.0. The minimum Gasteiger partial charge on any atom is -0.465 e. The number of rotatable bonds is 8. The van der Waals surface area contributed by atoms with E-state index in [4.69, 9.17) is 11.6 Å². The van der Waals surface area contributed by atoms with E-state index in [0.29, 0.717) is 5.02 Å². The van der Waals surface area contributed by atoms with E-state index in [1.807, 2.05) is 0 Å². The van der Waals surface area contributed by atoms with Gasteiger partial charge >= 0.3 is 13.6 Å². The minimum absolute atomic E-state index is 0.117. The lowest BCUT2D eigenvalue weighted by Gasteiger charge is -2.17. The van der Waals surface area contributed by atoms with Crippen LogP contribution in [0.25, 0.3) is 0 Å². The Labute approximate surface area is 126 Å². The predicted octanol–water partition coefficient (Wildman–Crippen LogP) is 1.26. The number of hydrogen-bond acceptors (Lipinski definition) is 7. The van der Waals surface area contributed by atoms with Gasteiger partial charge in [0.15, 0.2) is 5.75 Å². The molecule has 0 spiro atoms. The molecule has 21 heavy (non-hydrogen) atoms. The van der Waals surface area contributed by atoms with Gasteiger partial charge in [-0.25, -0.2) is 0 Å². The summed E-state index contributed by atoms with van der Waals surface area (Å²) in [7, 11) is -4.55. The number of benzene rings is 1. The van der Waals surface area contributed by atoms with E-state index in [1.54, 1.807) is 6.92 Å². The third kappa shape index (κ3) is 6.43. The highest BCUT2D eigenvalue weighted by Gasteiger charge is 2.33. The molecule has 0 fully saturated rings. The van der Waals surface area contributed by atoms with Crippen molar-refractivity contribution >= 4 is 25.2 Å². The Hall–Kier alpha value is -1.15. The number of carbonyl (C=O) groups is 1. The van der Waals surface area contributed by atoms with E-state index in [2.05, 4.69) is 19.6 Å². The number of aliphatic hydroxyl groups excluding tert-OH is 1. The standard InChI is InChI=1S/C11H15ClNO7P/c1-2-18-10(14)7-13-11(15)21(16,17)20-19-9-5-3-8(12)4-6-9/h3-6,11,13,15H,2,7H2,1H3,(H,16,17). The Balaban J connectivity index is 2.46. The summed E-state index contributed by atoms with van der Waals surface area (Å²) in [4.78, 5) is 25.1. The molecule has 1 aromatic rings. The minimum atomic E-state index is -4.55. The maximum absolute atomic E-state index is 11.6. The van der Waals surface area contributed by atoms with E-state index in [1.165, 1.54) is 24.3 Å². The second kappa shape index (κ2) is 8.33. The van der Waals surface area contributed by atoms with Crippen LogP contribution < -0.4 is 10.2 Å². The molecule has 0 aliphatic carbocycles. The summed E-state index contributed by atoms with van der Waals surface area (Å²) in [6, 6.07) is 5.78. The number of carbonyl (C=O) groups excluding carboxylic acids is 1. The summed E-state index contributed by atoms with van der Waals surface area (Å²) in [5.41, 5.74) is 0. The molecule has 118 valence electrons. The van der Waals surface area contributed by atoms with Crippen LogP contribution >= 0.6 is 19.2 Å². The Bertz CT molecular complexity index is 510. The average Bonchev–Trinajstić information content (AvgIpc) is 2.44. The summed E-state index contributed by atoms with van der Waals surface area (Å²) >= 11 is 5.65. The van der Waals surface area contributed by atoms with Crippen LogP contribution in [-0.2, 0) is 18.8 Å². The zero-order chi connectivity index (χ0) is 15.9. The molecule has 0 saturated carbocycles. The van der Waals surface area contributed by atoms with Gasteiger partial charge in [-0.05, 0) is 31.2 Å². The van der Waals surface area contributed by atoms with Crippen LogP contribution in [0.3, 0.4) is 0 Å². The van der Waals surface area contributed by atoms with Gasteiger partial charge in [-0.1, -0.05) is 16.3 Å². The molecule has 1 aromatic carbocycles. The van der Waals surface area contributed by atoms with Crippen molar-refractivity contribution in [2.24, 2.45) is 0 Å². The molecule has 0 radical (unpaired) electrons. The van der Waals surface area contributed by atoms with E-state index >= 15 is 0 Å². The van der Waals surface area contributed by atoms with Crippen LogP contribution in [0.2, 0.25) is 5.02 Å². The molecule has 0 heterocycles. The molecule has 2 atom stereocenters. The topological polar surface area (TPSA) is 114 Å². The monoisotopic (exact) mass is 339 g/mol. The highest BCUT2D eigenvalue weighted by Crippen LogP contribution is 2.45. The maximum atomic E-state index is 11.6. The van der Waals surface area contributed by atoms with Crippen LogP contribution in [0.5, 0.6) is 5.75 Å². The molecule has 3 N–H and O–H groups in total. The summed E-state index contributed by atoms with van der Waals surface area (Å²) < 4.78 is 20.5. The van der Waals surface area contributed by atoms with Crippen LogP contribution in [0.4, 0.5) is 0 Å². The van der Waals surface area contributed by atoms with Gasteiger partial charge in [-0.15, -0.1) is 0 Å². The van der Waals surface area contributed by atoms with E-state index in [9.17, 15) is 19.4 Å². The van der Waals surface area contributed by atoms with E-state index in [-0.39, 0.29) is 12.4 Å². The Morgan fingerprint density at radius 1 is 1.43 bits per heavy atom. The summed E-state index contributed by atoms with van der Waals surface area (Å²) in [6.45, 7) is 1.31. The van der Waals surface area contributed by atoms with Crippen molar-refractivity contribution < 1.29 is 33.7 Å². The number of esters is 1.